The number of hydrogen-bond donors (Lipinski definition) is 0. The Kier molecular flexibility index (Phi) is 5.02. The minimum Gasteiger partial charge on any atom is -0.294 e. The van der Waals surface area contributed by atoms with Crippen molar-refractivity contribution in [2.45, 2.75) is 39.5 Å². The number of nitrogens with zero attached hydrogens (tertiary/aromatic N) is 2. The minimum atomic E-state index is 1.03. The summed E-state index contributed by atoms with van der Waals surface area (Å²) in [6.45, 7) is 4.31. The van der Waals surface area contributed by atoms with Crippen molar-refractivity contribution in [2.75, 3.05) is 7.05 Å². The summed E-state index contributed by atoms with van der Waals surface area (Å²) in [6, 6.07) is 2.22. The first-order chi connectivity index (χ1) is 7.27. The van der Waals surface area contributed by atoms with Crippen molar-refractivity contribution in [2.24, 2.45) is 4.99 Å². The molecule has 0 aliphatic rings. The van der Waals surface area contributed by atoms with Crippen LogP contribution in [-0.4, -0.2) is 18.2 Å². The third kappa shape index (κ3) is 3.82. The quantitative estimate of drug-likeness (QED) is 0.534. The molecule has 1 aromatic heterocycles. The maximum Gasteiger partial charge on any atom is 0.0839 e. The van der Waals surface area contributed by atoms with Crippen molar-refractivity contribution in [3.63, 3.8) is 0 Å². The lowest BCUT2D eigenvalue weighted by Crippen LogP contribution is -1.98. The molecule has 1 rings (SSSR count). The zero-order chi connectivity index (χ0) is 11.1. The van der Waals surface area contributed by atoms with E-state index in [9.17, 15) is 0 Å². The molecule has 0 atom stereocenters. The van der Waals surface area contributed by atoms with E-state index in [1.54, 1.807) is 7.05 Å². The molecule has 1 aromatic rings. The van der Waals surface area contributed by atoms with Crippen LogP contribution in [0.25, 0.3) is 0 Å². The van der Waals surface area contributed by atoms with Crippen LogP contribution in [0, 0.1) is 6.92 Å². The summed E-state index contributed by atoms with van der Waals surface area (Å²) in [7, 11) is 1.79. The molecule has 0 aliphatic carbocycles. The maximum atomic E-state index is 4.40. The number of aliphatic imine (C=N–C) groups is 1. The molecule has 15 heavy (non-hydrogen) atoms. The van der Waals surface area contributed by atoms with Gasteiger partial charge in [0.25, 0.3) is 0 Å². The fraction of sp³-hybridized carbons (Fsp3) is 0.538. The third-order valence-electron chi connectivity index (χ3n) is 2.44. The molecule has 2 nitrogen and oxygen atoms in total. The molecule has 0 amide bonds. The molecule has 0 unspecified atom stereocenters. The molecule has 82 valence electrons. The molecule has 0 spiro atoms. The summed E-state index contributed by atoms with van der Waals surface area (Å²) >= 11 is 0. The maximum absolute atomic E-state index is 4.40. The van der Waals surface area contributed by atoms with Gasteiger partial charge in [-0.25, -0.2) is 0 Å². The standard InChI is InChI=1S/C13H20N2/c1-4-5-6-7-12-8-11(2)9-15-13(12)10-14-3/h8-10H,4-7H2,1-3H3. The number of pyridine rings is 1. The van der Waals surface area contributed by atoms with Gasteiger partial charge in [0.2, 0.25) is 0 Å². The number of aryl methyl sites for hydroxylation is 2. The summed E-state index contributed by atoms with van der Waals surface area (Å²) < 4.78 is 0. The van der Waals surface area contributed by atoms with Crippen LogP contribution < -0.4 is 0 Å². The average Bonchev–Trinajstić information content (AvgIpc) is 2.22. The van der Waals surface area contributed by atoms with Gasteiger partial charge in [0.1, 0.15) is 0 Å². The molecular formula is C13H20N2. The molecule has 0 aliphatic heterocycles. The summed E-state index contributed by atoms with van der Waals surface area (Å²) in [5, 5.41) is 0. The van der Waals surface area contributed by atoms with Gasteiger partial charge in [-0.15, -0.1) is 0 Å². The first-order valence-electron chi connectivity index (χ1n) is 5.65. The first-order valence-corrected chi connectivity index (χ1v) is 5.65. The average molecular weight is 204 g/mol. The lowest BCUT2D eigenvalue weighted by atomic mass is 10.0. The Morgan fingerprint density at radius 3 is 2.87 bits per heavy atom. The monoisotopic (exact) mass is 204 g/mol. The second-order valence-corrected chi connectivity index (χ2v) is 3.90. The molecule has 0 saturated carbocycles. The van der Waals surface area contributed by atoms with Gasteiger partial charge in [-0.1, -0.05) is 25.8 Å². The fourth-order valence-corrected chi connectivity index (χ4v) is 1.64. The SMILES string of the molecule is CCCCCc1cc(C)cnc1C=NC. The molecule has 1 heterocycles. The highest BCUT2D eigenvalue weighted by Crippen LogP contribution is 2.11. The highest BCUT2D eigenvalue weighted by Gasteiger charge is 2.01. The Morgan fingerprint density at radius 1 is 1.40 bits per heavy atom. The molecule has 0 bridgehead atoms. The van der Waals surface area contributed by atoms with Crippen molar-refractivity contribution < 1.29 is 0 Å². The van der Waals surface area contributed by atoms with Gasteiger partial charge >= 0.3 is 0 Å². The zero-order valence-electron chi connectivity index (χ0n) is 9.95. The topological polar surface area (TPSA) is 25.2 Å². The van der Waals surface area contributed by atoms with Gasteiger partial charge in [0.05, 0.1) is 5.69 Å². The van der Waals surface area contributed by atoms with Crippen molar-refractivity contribution in [1.82, 2.24) is 4.98 Å². The second-order valence-electron chi connectivity index (χ2n) is 3.90. The summed E-state index contributed by atoms with van der Waals surface area (Å²) in [5.74, 6) is 0. The van der Waals surface area contributed by atoms with Gasteiger partial charge < -0.3 is 0 Å². The summed E-state index contributed by atoms with van der Waals surface area (Å²) in [5.41, 5.74) is 3.59. The van der Waals surface area contributed by atoms with E-state index in [4.69, 9.17) is 0 Å². The van der Waals surface area contributed by atoms with Crippen LogP contribution in [0.4, 0.5) is 0 Å². The summed E-state index contributed by atoms with van der Waals surface area (Å²) in [6.07, 6.45) is 8.66. The highest BCUT2D eigenvalue weighted by molar-refractivity contribution is 5.78. The van der Waals surface area contributed by atoms with Gasteiger partial charge in [-0.3, -0.25) is 9.98 Å². The van der Waals surface area contributed by atoms with E-state index in [2.05, 4.69) is 29.9 Å². The Hall–Kier alpha value is -1.18. The Labute approximate surface area is 92.5 Å². The van der Waals surface area contributed by atoms with Crippen LogP contribution in [0.2, 0.25) is 0 Å². The summed E-state index contributed by atoms with van der Waals surface area (Å²) in [4.78, 5) is 8.43. The van der Waals surface area contributed by atoms with Crippen molar-refractivity contribution >= 4 is 6.21 Å². The van der Waals surface area contributed by atoms with Crippen molar-refractivity contribution in [1.29, 1.82) is 0 Å². The van der Waals surface area contributed by atoms with Crippen LogP contribution in [0.5, 0.6) is 0 Å². The highest BCUT2D eigenvalue weighted by atomic mass is 14.7. The van der Waals surface area contributed by atoms with E-state index in [1.165, 1.54) is 30.4 Å². The van der Waals surface area contributed by atoms with E-state index in [-0.39, 0.29) is 0 Å². The number of aromatic nitrogens is 1. The first kappa shape index (κ1) is 11.9. The molecular weight excluding hydrogens is 184 g/mol. The molecule has 0 fully saturated rings. The second kappa shape index (κ2) is 6.33. The van der Waals surface area contributed by atoms with Crippen LogP contribution in [0.15, 0.2) is 17.3 Å². The van der Waals surface area contributed by atoms with Gasteiger partial charge in [-0.05, 0) is 30.9 Å². The number of unbranched alkanes of at least 4 members (excludes halogenated alkanes) is 2. The largest absolute Gasteiger partial charge is 0.294 e. The molecule has 0 saturated heterocycles. The van der Waals surface area contributed by atoms with Gasteiger partial charge in [0, 0.05) is 19.5 Å². The van der Waals surface area contributed by atoms with E-state index in [0.717, 1.165) is 12.1 Å². The normalized spacial score (nSPS) is 11.1. The van der Waals surface area contributed by atoms with E-state index < -0.39 is 0 Å². The van der Waals surface area contributed by atoms with Crippen LogP contribution in [0.3, 0.4) is 0 Å². The smallest absolute Gasteiger partial charge is 0.0839 e. The van der Waals surface area contributed by atoms with Crippen LogP contribution >= 0.6 is 0 Å². The van der Waals surface area contributed by atoms with Crippen molar-refractivity contribution in [3.8, 4) is 0 Å². The third-order valence-corrected chi connectivity index (χ3v) is 2.44. The fourth-order valence-electron chi connectivity index (χ4n) is 1.64. The number of hydrogen-bond acceptors (Lipinski definition) is 2. The molecule has 0 aromatic carbocycles. The lowest BCUT2D eigenvalue weighted by molar-refractivity contribution is 0.715. The molecule has 0 radical (unpaired) electrons. The van der Waals surface area contributed by atoms with E-state index >= 15 is 0 Å². The van der Waals surface area contributed by atoms with Crippen molar-refractivity contribution in [3.05, 3.63) is 29.1 Å². The van der Waals surface area contributed by atoms with Gasteiger partial charge in [-0.2, -0.15) is 0 Å². The Balaban J connectivity index is 2.77. The van der Waals surface area contributed by atoms with Gasteiger partial charge in [0.15, 0.2) is 0 Å². The van der Waals surface area contributed by atoms with Crippen LogP contribution in [-0.2, 0) is 6.42 Å². The lowest BCUT2D eigenvalue weighted by Gasteiger charge is -2.05. The molecule has 0 N–H and O–H groups in total. The number of rotatable bonds is 5. The minimum absolute atomic E-state index is 1.03. The predicted octanol–water partition coefficient (Wildman–Crippen LogP) is 3.17. The Bertz CT molecular complexity index is 329. The zero-order valence-corrected chi connectivity index (χ0v) is 9.95. The van der Waals surface area contributed by atoms with Crippen LogP contribution in [0.1, 0.15) is 43.0 Å². The molecule has 2 heteroatoms. The predicted molar refractivity (Wildman–Crippen MR) is 65.7 cm³/mol. The Morgan fingerprint density at radius 2 is 2.20 bits per heavy atom. The van der Waals surface area contributed by atoms with E-state index in [1.807, 2.05) is 12.4 Å². The van der Waals surface area contributed by atoms with E-state index in [0.29, 0.717) is 0 Å².